The highest BCUT2D eigenvalue weighted by molar-refractivity contribution is 6.17. The van der Waals surface area contributed by atoms with Crippen LogP contribution >= 0.6 is 0 Å². The van der Waals surface area contributed by atoms with Crippen LogP contribution in [0.1, 0.15) is 0 Å². The molecule has 2 aromatic rings. The number of aliphatic hydroxyl groups excluding tert-OH is 1. The van der Waals surface area contributed by atoms with Crippen LogP contribution in [-0.2, 0) is 9.59 Å². The summed E-state index contributed by atoms with van der Waals surface area (Å²) in [6, 6.07) is 4.35. The van der Waals surface area contributed by atoms with Gasteiger partial charge in [0.2, 0.25) is 0 Å². The van der Waals surface area contributed by atoms with E-state index in [0.29, 0.717) is 11.4 Å². The lowest BCUT2D eigenvalue weighted by molar-refractivity contribution is -0.137. The molecule has 0 atom stereocenters. The van der Waals surface area contributed by atoms with Gasteiger partial charge in [0.05, 0.1) is 25.2 Å². The van der Waals surface area contributed by atoms with Crippen LogP contribution in [0.15, 0.2) is 48.7 Å². The van der Waals surface area contributed by atoms with E-state index in [-0.39, 0.29) is 18.8 Å². The first kappa shape index (κ1) is 14.9. The molecule has 2 amide bonds. The summed E-state index contributed by atoms with van der Waals surface area (Å²) in [4.78, 5) is 28.4. The van der Waals surface area contributed by atoms with E-state index < -0.39 is 17.6 Å². The van der Waals surface area contributed by atoms with E-state index in [1.807, 2.05) is 0 Å². The molecule has 1 aliphatic heterocycles. The molecule has 0 saturated carbocycles. The Bertz CT molecular complexity index is 786. The number of benzene rings is 1. The number of hydrogen-bond donors (Lipinski definition) is 2. The Morgan fingerprint density at radius 1 is 1.30 bits per heavy atom. The van der Waals surface area contributed by atoms with Gasteiger partial charge in [0.25, 0.3) is 11.8 Å². The van der Waals surface area contributed by atoms with Gasteiger partial charge >= 0.3 is 0 Å². The number of imide groups is 1. The average Bonchev–Trinajstić information content (AvgIpc) is 3.13. The van der Waals surface area contributed by atoms with Crippen molar-refractivity contribution < 1.29 is 19.1 Å². The number of nitrogens with zero attached hydrogens (tertiary/aromatic N) is 3. The maximum absolute atomic E-state index is 14.2. The van der Waals surface area contributed by atoms with Crippen molar-refractivity contribution in [2.75, 3.05) is 18.5 Å². The van der Waals surface area contributed by atoms with Crippen molar-refractivity contribution in [1.82, 2.24) is 14.5 Å². The van der Waals surface area contributed by atoms with E-state index in [1.165, 1.54) is 29.2 Å². The molecule has 0 fully saturated rings. The van der Waals surface area contributed by atoms with Gasteiger partial charge < -0.3 is 15.0 Å². The Balaban J connectivity index is 1.79. The summed E-state index contributed by atoms with van der Waals surface area (Å²) in [6.07, 6.45) is 5.74. The second kappa shape index (κ2) is 6.01. The van der Waals surface area contributed by atoms with Crippen LogP contribution in [-0.4, -0.2) is 44.5 Å². The summed E-state index contributed by atoms with van der Waals surface area (Å²) < 4.78 is 15.7. The molecule has 1 aliphatic rings. The first-order valence-corrected chi connectivity index (χ1v) is 6.83. The number of halogens is 1. The molecule has 0 bridgehead atoms. The third-order valence-electron chi connectivity index (χ3n) is 3.34. The number of rotatable bonds is 5. The van der Waals surface area contributed by atoms with E-state index in [0.717, 1.165) is 11.0 Å². The predicted molar refractivity (Wildman–Crippen MR) is 79.0 cm³/mol. The van der Waals surface area contributed by atoms with Crippen molar-refractivity contribution in [2.45, 2.75) is 0 Å². The van der Waals surface area contributed by atoms with Gasteiger partial charge in [0.1, 0.15) is 11.5 Å². The van der Waals surface area contributed by atoms with E-state index in [4.69, 9.17) is 5.11 Å². The van der Waals surface area contributed by atoms with Crippen LogP contribution < -0.4 is 5.32 Å². The fraction of sp³-hybridized carbons (Fsp3) is 0.133. The van der Waals surface area contributed by atoms with E-state index in [2.05, 4.69) is 10.3 Å². The van der Waals surface area contributed by atoms with Crippen molar-refractivity contribution in [2.24, 2.45) is 0 Å². The smallest absolute Gasteiger partial charge is 0.277 e. The zero-order valence-electron chi connectivity index (χ0n) is 11.9. The molecular formula is C15H13FN4O3. The van der Waals surface area contributed by atoms with Gasteiger partial charge in [-0.2, -0.15) is 0 Å². The zero-order chi connectivity index (χ0) is 16.4. The highest BCUT2D eigenvalue weighted by Gasteiger charge is 2.30. The quantitative estimate of drug-likeness (QED) is 0.792. The maximum Gasteiger partial charge on any atom is 0.277 e. The largest absolute Gasteiger partial charge is 0.395 e. The standard InChI is InChI=1S/C15H13FN4O3/c16-11-7-10(1-2-13(11)19-4-3-17-9-19)18-12-8-14(22)20(5-6-21)15(12)23/h1-4,7-9,18,21H,5-6H2. The first-order valence-electron chi connectivity index (χ1n) is 6.83. The fourth-order valence-corrected chi connectivity index (χ4v) is 2.26. The van der Waals surface area contributed by atoms with Gasteiger partial charge in [0, 0.05) is 24.2 Å². The molecule has 0 saturated heterocycles. The van der Waals surface area contributed by atoms with Gasteiger partial charge in [-0.25, -0.2) is 9.37 Å². The highest BCUT2D eigenvalue weighted by atomic mass is 19.1. The summed E-state index contributed by atoms with van der Waals surface area (Å²) in [5, 5.41) is 11.6. The van der Waals surface area contributed by atoms with Crippen LogP contribution in [0.5, 0.6) is 0 Å². The monoisotopic (exact) mass is 316 g/mol. The summed E-state index contributed by atoms with van der Waals surface area (Å²) in [5.41, 5.74) is 0.695. The molecule has 118 valence electrons. The van der Waals surface area contributed by atoms with Gasteiger partial charge in [-0.3, -0.25) is 14.5 Å². The number of aromatic nitrogens is 2. The molecule has 1 aromatic carbocycles. The lowest BCUT2D eigenvalue weighted by Crippen LogP contribution is -2.34. The summed E-state index contributed by atoms with van der Waals surface area (Å²) in [5.74, 6) is -1.57. The zero-order valence-corrected chi connectivity index (χ0v) is 11.9. The molecule has 0 aliphatic carbocycles. The summed E-state index contributed by atoms with van der Waals surface area (Å²) in [7, 11) is 0. The normalized spacial score (nSPS) is 14.3. The molecular weight excluding hydrogens is 303 g/mol. The third kappa shape index (κ3) is 2.84. The minimum atomic E-state index is -0.553. The van der Waals surface area contributed by atoms with E-state index in [1.54, 1.807) is 12.3 Å². The van der Waals surface area contributed by atoms with Gasteiger partial charge in [-0.05, 0) is 18.2 Å². The molecule has 0 spiro atoms. The second-order valence-corrected chi connectivity index (χ2v) is 4.84. The molecule has 2 heterocycles. The molecule has 0 unspecified atom stereocenters. The Kier molecular flexibility index (Phi) is 3.90. The van der Waals surface area contributed by atoms with Crippen molar-refractivity contribution >= 4 is 17.5 Å². The predicted octanol–water partition coefficient (Wildman–Crippen LogP) is 0.668. The van der Waals surface area contributed by atoms with Crippen molar-refractivity contribution in [1.29, 1.82) is 0 Å². The maximum atomic E-state index is 14.2. The van der Waals surface area contributed by atoms with Gasteiger partial charge in [0.15, 0.2) is 0 Å². The van der Waals surface area contributed by atoms with Crippen LogP contribution in [0.4, 0.5) is 10.1 Å². The number of imidazole rings is 1. The van der Waals surface area contributed by atoms with Crippen molar-refractivity contribution in [3.63, 3.8) is 0 Å². The minimum Gasteiger partial charge on any atom is -0.395 e. The molecule has 1 aromatic heterocycles. The molecule has 2 N–H and O–H groups in total. The first-order chi connectivity index (χ1) is 11.1. The molecule has 8 heteroatoms. The topological polar surface area (TPSA) is 87.5 Å². The molecule has 7 nitrogen and oxygen atoms in total. The second-order valence-electron chi connectivity index (χ2n) is 4.84. The van der Waals surface area contributed by atoms with Crippen LogP contribution in [0.2, 0.25) is 0 Å². The Labute approximate surface area is 130 Å². The number of β-amino-alcohol motifs (C(OH)–C–C–N with tert-alkyl or cyclic N) is 1. The van der Waals surface area contributed by atoms with E-state index in [9.17, 15) is 14.0 Å². The van der Waals surface area contributed by atoms with Crippen LogP contribution in [0.25, 0.3) is 5.69 Å². The number of anilines is 1. The fourth-order valence-electron chi connectivity index (χ4n) is 2.26. The number of hydrogen-bond acceptors (Lipinski definition) is 5. The summed E-state index contributed by atoms with van der Waals surface area (Å²) in [6.45, 7) is -0.389. The number of amides is 2. The number of aliphatic hydroxyl groups is 1. The van der Waals surface area contributed by atoms with Gasteiger partial charge in [-0.15, -0.1) is 0 Å². The lowest BCUT2D eigenvalue weighted by Gasteiger charge is -2.13. The Morgan fingerprint density at radius 2 is 2.13 bits per heavy atom. The Hall–Kier alpha value is -3.00. The van der Waals surface area contributed by atoms with Gasteiger partial charge in [-0.1, -0.05) is 0 Å². The van der Waals surface area contributed by atoms with Crippen molar-refractivity contribution in [3.05, 3.63) is 54.5 Å². The van der Waals surface area contributed by atoms with E-state index >= 15 is 0 Å². The molecule has 0 radical (unpaired) electrons. The summed E-state index contributed by atoms with van der Waals surface area (Å²) >= 11 is 0. The average molecular weight is 316 g/mol. The van der Waals surface area contributed by atoms with Crippen LogP contribution in [0, 0.1) is 5.82 Å². The number of nitrogens with one attached hydrogen (secondary N) is 1. The lowest BCUT2D eigenvalue weighted by atomic mass is 10.2. The highest BCUT2D eigenvalue weighted by Crippen LogP contribution is 2.21. The molecule has 3 rings (SSSR count). The Morgan fingerprint density at radius 3 is 2.78 bits per heavy atom. The molecule has 23 heavy (non-hydrogen) atoms. The number of carbonyl (C=O) groups is 2. The minimum absolute atomic E-state index is 0.0400. The number of carbonyl (C=O) groups excluding carboxylic acids is 2. The SMILES string of the molecule is O=C1C=C(Nc2ccc(-n3ccnc3)c(F)c2)C(=O)N1CCO. The van der Waals surface area contributed by atoms with Crippen LogP contribution in [0.3, 0.4) is 0 Å². The third-order valence-corrected chi connectivity index (χ3v) is 3.34. The van der Waals surface area contributed by atoms with Crippen molar-refractivity contribution in [3.8, 4) is 5.69 Å².